The molecule has 0 saturated heterocycles. The molecule has 1 aliphatic carbocycles. The molecule has 0 radical (unpaired) electrons. The van der Waals surface area contributed by atoms with Gasteiger partial charge in [-0.1, -0.05) is 25.1 Å². The standard InChI is InChI=1S/C12H13FO.C9H11NO2S/c1-8(12(14)9-6-7-9)10-4-2-3-5-11(10)13;1-6(11)12-9-4-7-5-10-3-2-8(7)13-9/h2-5,8-9H,6-7H2,1H3;4,10H,2-3,5H2,1H3. The van der Waals surface area contributed by atoms with Gasteiger partial charge < -0.3 is 10.1 Å². The second-order valence-electron chi connectivity index (χ2n) is 6.95. The van der Waals surface area contributed by atoms with Gasteiger partial charge in [-0.05, 0) is 42.5 Å². The van der Waals surface area contributed by atoms with Crippen molar-refractivity contribution in [2.24, 2.45) is 5.92 Å². The number of Topliss-reactive ketones (excluding diaryl/α,β-unsaturated/α-hetero) is 1. The first kappa shape index (κ1) is 19.7. The monoisotopic (exact) mass is 389 g/mol. The quantitative estimate of drug-likeness (QED) is 0.795. The number of carbonyl (C=O) groups is 2. The first-order chi connectivity index (χ1) is 13.0. The maximum atomic E-state index is 13.3. The van der Waals surface area contributed by atoms with E-state index in [0.717, 1.165) is 37.4 Å². The average molecular weight is 389 g/mol. The fourth-order valence-corrected chi connectivity index (χ4v) is 4.19. The van der Waals surface area contributed by atoms with Gasteiger partial charge in [-0.15, -0.1) is 11.3 Å². The maximum absolute atomic E-state index is 13.3. The van der Waals surface area contributed by atoms with Crippen LogP contribution in [0.25, 0.3) is 0 Å². The highest BCUT2D eigenvalue weighted by molar-refractivity contribution is 7.14. The summed E-state index contributed by atoms with van der Waals surface area (Å²) in [5.74, 6) is -0.413. The second-order valence-corrected chi connectivity index (χ2v) is 8.05. The van der Waals surface area contributed by atoms with Gasteiger partial charge in [0.1, 0.15) is 11.6 Å². The SMILES string of the molecule is CC(=O)Oc1cc2c(s1)CCNC2.CC(C(=O)C1CC1)c1ccccc1F. The Labute approximate surface area is 162 Å². The number of halogens is 1. The molecule has 0 bridgehead atoms. The van der Waals surface area contributed by atoms with Crippen LogP contribution in [0.2, 0.25) is 0 Å². The predicted octanol–water partition coefficient (Wildman–Crippen LogP) is 4.23. The van der Waals surface area contributed by atoms with Gasteiger partial charge in [0.05, 0.1) is 0 Å². The summed E-state index contributed by atoms with van der Waals surface area (Å²) >= 11 is 1.58. The Balaban J connectivity index is 0.000000156. The van der Waals surface area contributed by atoms with Gasteiger partial charge in [-0.2, -0.15) is 0 Å². The number of rotatable bonds is 4. The van der Waals surface area contributed by atoms with E-state index < -0.39 is 0 Å². The molecular formula is C21H24FNO3S. The van der Waals surface area contributed by atoms with E-state index in [1.807, 2.05) is 6.07 Å². The molecule has 2 aromatic rings. The predicted molar refractivity (Wildman–Crippen MR) is 104 cm³/mol. The van der Waals surface area contributed by atoms with Crippen LogP contribution in [0.4, 0.5) is 4.39 Å². The topological polar surface area (TPSA) is 55.4 Å². The van der Waals surface area contributed by atoms with E-state index in [9.17, 15) is 14.0 Å². The highest BCUT2D eigenvalue weighted by Crippen LogP contribution is 2.35. The van der Waals surface area contributed by atoms with E-state index in [-0.39, 0.29) is 29.4 Å². The van der Waals surface area contributed by atoms with Crippen LogP contribution >= 0.6 is 11.3 Å². The third-order valence-corrected chi connectivity index (χ3v) is 5.86. The van der Waals surface area contributed by atoms with Crippen molar-refractivity contribution in [3.05, 3.63) is 52.2 Å². The number of fused-ring (bicyclic) bond motifs is 1. The summed E-state index contributed by atoms with van der Waals surface area (Å²) in [6.07, 6.45) is 3.01. The molecule has 1 aromatic carbocycles. The molecule has 2 heterocycles. The zero-order valence-corrected chi connectivity index (χ0v) is 16.4. The molecule has 1 N–H and O–H groups in total. The van der Waals surface area contributed by atoms with Gasteiger partial charge in [0, 0.05) is 36.7 Å². The van der Waals surface area contributed by atoms with Gasteiger partial charge >= 0.3 is 5.97 Å². The Kier molecular flexibility index (Phi) is 6.39. The zero-order valence-electron chi connectivity index (χ0n) is 15.6. The third kappa shape index (κ3) is 5.23. The summed E-state index contributed by atoms with van der Waals surface area (Å²) in [5.41, 5.74) is 1.80. The minimum atomic E-state index is -0.288. The van der Waals surface area contributed by atoms with Gasteiger partial charge in [0.15, 0.2) is 5.06 Å². The highest BCUT2D eigenvalue weighted by Gasteiger charge is 2.34. The Morgan fingerprint density at radius 2 is 2.04 bits per heavy atom. The van der Waals surface area contributed by atoms with Crippen molar-refractivity contribution in [3.63, 3.8) is 0 Å². The van der Waals surface area contributed by atoms with Crippen LogP contribution in [0.15, 0.2) is 30.3 Å². The number of carbonyl (C=O) groups excluding carboxylic acids is 2. The van der Waals surface area contributed by atoms with Crippen LogP contribution in [0.3, 0.4) is 0 Å². The first-order valence-electron chi connectivity index (χ1n) is 9.24. The van der Waals surface area contributed by atoms with Gasteiger partial charge in [-0.3, -0.25) is 9.59 Å². The van der Waals surface area contributed by atoms with Crippen molar-refractivity contribution in [3.8, 4) is 5.06 Å². The Morgan fingerprint density at radius 1 is 1.30 bits per heavy atom. The van der Waals surface area contributed by atoms with Crippen molar-refractivity contribution in [1.82, 2.24) is 5.32 Å². The Hall–Kier alpha value is -2.05. The molecule has 4 nitrogen and oxygen atoms in total. The average Bonchev–Trinajstić information content (AvgIpc) is 3.41. The van der Waals surface area contributed by atoms with Crippen molar-refractivity contribution in [2.45, 2.75) is 45.6 Å². The number of esters is 1. The van der Waals surface area contributed by atoms with E-state index in [1.165, 1.54) is 23.4 Å². The van der Waals surface area contributed by atoms with Crippen molar-refractivity contribution in [2.75, 3.05) is 6.54 Å². The van der Waals surface area contributed by atoms with E-state index in [2.05, 4.69) is 5.32 Å². The molecule has 6 heteroatoms. The smallest absolute Gasteiger partial charge is 0.308 e. The Bertz CT molecular complexity index is 805. The lowest BCUT2D eigenvalue weighted by Crippen LogP contribution is -2.21. The lowest BCUT2D eigenvalue weighted by atomic mass is 9.94. The lowest BCUT2D eigenvalue weighted by molar-refractivity contribution is -0.131. The molecule has 1 unspecified atom stereocenters. The van der Waals surface area contributed by atoms with Gasteiger partial charge in [0.25, 0.3) is 0 Å². The number of nitrogens with one attached hydrogen (secondary N) is 1. The second kappa shape index (κ2) is 8.76. The number of ketones is 1. The highest BCUT2D eigenvalue weighted by atomic mass is 32.1. The van der Waals surface area contributed by atoms with Crippen LogP contribution in [0.1, 0.15) is 48.6 Å². The molecule has 0 amide bonds. The molecule has 1 aromatic heterocycles. The number of ether oxygens (including phenoxy) is 1. The molecule has 2 aliphatic rings. The molecular weight excluding hydrogens is 365 g/mol. The van der Waals surface area contributed by atoms with Crippen LogP contribution < -0.4 is 10.1 Å². The molecule has 1 aliphatic heterocycles. The summed E-state index contributed by atoms with van der Waals surface area (Å²) in [4.78, 5) is 23.7. The summed E-state index contributed by atoms with van der Waals surface area (Å²) < 4.78 is 18.4. The molecule has 0 spiro atoms. The van der Waals surface area contributed by atoms with E-state index in [0.29, 0.717) is 5.56 Å². The van der Waals surface area contributed by atoms with Gasteiger partial charge in [-0.25, -0.2) is 4.39 Å². The van der Waals surface area contributed by atoms with Gasteiger partial charge in [0.2, 0.25) is 0 Å². The van der Waals surface area contributed by atoms with Crippen LogP contribution in [0.5, 0.6) is 5.06 Å². The Morgan fingerprint density at radius 3 is 2.67 bits per heavy atom. The molecule has 27 heavy (non-hydrogen) atoms. The van der Waals surface area contributed by atoms with E-state index in [4.69, 9.17) is 4.74 Å². The lowest BCUT2D eigenvalue weighted by Gasteiger charge is -2.10. The first-order valence-corrected chi connectivity index (χ1v) is 10.1. The molecule has 144 valence electrons. The third-order valence-electron chi connectivity index (χ3n) is 4.74. The number of hydrogen-bond acceptors (Lipinski definition) is 5. The largest absolute Gasteiger partial charge is 0.416 e. The summed E-state index contributed by atoms with van der Waals surface area (Å²) in [6, 6.07) is 8.47. The van der Waals surface area contributed by atoms with E-state index >= 15 is 0 Å². The summed E-state index contributed by atoms with van der Waals surface area (Å²) in [6.45, 7) is 5.14. The van der Waals surface area contributed by atoms with Crippen molar-refractivity contribution in [1.29, 1.82) is 0 Å². The van der Waals surface area contributed by atoms with Crippen LogP contribution in [-0.4, -0.2) is 18.3 Å². The van der Waals surface area contributed by atoms with Crippen molar-refractivity contribution < 1.29 is 18.7 Å². The number of benzene rings is 1. The van der Waals surface area contributed by atoms with Crippen LogP contribution in [-0.2, 0) is 22.6 Å². The molecule has 1 saturated carbocycles. The van der Waals surface area contributed by atoms with E-state index in [1.54, 1.807) is 36.5 Å². The maximum Gasteiger partial charge on any atom is 0.308 e. The molecule has 1 fully saturated rings. The minimum absolute atomic E-state index is 0.190. The number of hydrogen-bond donors (Lipinski definition) is 1. The number of thiophene rings is 1. The molecule has 4 rings (SSSR count). The minimum Gasteiger partial charge on any atom is -0.416 e. The normalized spacial score (nSPS) is 16.6. The fraction of sp³-hybridized carbons (Fsp3) is 0.429. The fourth-order valence-electron chi connectivity index (χ4n) is 3.12. The summed E-state index contributed by atoms with van der Waals surface area (Å²) in [5, 5.41) is 4.00. The zero-order chi connectivity index (χ0) is 19.4. The molecule has 1 atom stereocenters. The van der Waals surface area contributed by atoms with Crippen LogP contribution in [0, 0.1) is 11.7 Å². The van der Waals surface area contributed by atoms with Crippen molar-refractivity contribution >= 4 is 23.1 Å². The summed E-state index contributed by atoms with van der Waals surface area (Å²) in [7, 11) is 0.